The van der Waals surface area contributed by atoms with Crippen molar-refractivity contribution in [2.75, 3.05) is 18.1 Å². The normalized spacial score (nSPS) is 18.1. The van der Waals surface area contributed by atoms with Gasteiger partial charge in [0.05, 0.1) is 10.6 Å². The highest BCUT2D eigenvalue weighted by Crippen LogP contribution is 2.40. The fraction of sp³-hybridized carbons (Fsp3) is 0.111. The van der Waals surface area contributed by atoms with Crippen molar-refractivity contribution in [2.45, 2.75) is 0 Å². The number of fused-ring (bicyclic) bond motifs is 1. The van der Waals surface area contributed by atoms with E-state index in [0.29, 0.717) is 39.6 Å². The molecule has 0 bridgehead atoms. The van der Waals surface area contributed by atoms with Gasteiger partial charge in [-0.15, -0.1) is 0 Å². The van der Waals surface area contributed by atoms with Gasteiger partial charge in [-0.3, -0.25) is 9.69 Å². The maximum atomic E-state index is 12.8. The molecule has 0 unspecified atom stereocenters. The van der Waals surface area contributed by atoms with Crippen LogP contribution in [0.1, 0.15) is 5.56 Å². The highest BCUT2D eigenvalue weighted by atomic mass is 79.9. The molecule has 0 spiro atoms. The van der Waals surface area contributed by atoms with Crippen molar-refractivity contribution in [1.29, 1.82) is 0 Å². The number of hydrogen-bond acceptors (Lipinski definition) is 5. The topological polar surface area (TPSA) is 38.8 Å². The monoisotopic (exact) mass is 433 g/mol. The highest BCUT2D eigenvalue weighted by molar-refractivity contribution is 9.10. The van der Waals surface area contributed by atoms with Crippen molar-refractivity contribution in [3.05, 3.63) is 57.4 Å². The lowest BCUT2D eigenvalue weighted by Crippen LogP contribution is -2.27. The van der Waals surface area contributed by atoms with Gasteiger partial charge in [0.25, 0.3) is 5.91 Å². The number of thiocarbonyl (C=S) groups is 1. The standard InChI is InChI=1S/C18H12BrNO3S2/c19-12-3-1-11(2-4-12)9-16-17(21)20(18(24)25-16)13-5-6-14-15(10-13)23-8-7-22-14/h1-6,9-10H,7-8H2/b16-9+. The zero-order valence-electron chi connectivity index (χ0n) is 12.9. The number of halogens is 1. The number of amides is 1. The van der Waals surface area contributed by atoms with Gasteiger partial charge < -0.3 is 9.47 Å². The molecular formula is C18H12BrNO3S2. The summed E-state index contributed by atoms with van der Waals surface area (Å²) < 4.78 is 12.6. The summed E-state index contributed by atoms with van der Waals surface area (Å²) in [6.07, 6.45) is 1.85. The average molecular weight is 434 g/mol. The molecule has 0 radical (unpaired) electrons. The molecule has 2 aromatic rings. The number of ether oxygens (including phenoxy) is 2. The van der Waals surface area contributed by atoms with Crippen molar-refractivity contribution in [3.63, 3.8) is 0 Å². The smallest absolute Gasteiger partial charge is 0.270 e. The van der Waals surface area contributed by atoms with Crippen LogP contribution in [0.25, 0.3) is 6.08 Å². The van der Waals surface area contributed by atoms with E-state index in [2.05, 4.69) is 15.9 Å². The van der Waals surface area contributed by atoms with E-state index in [0.717, 1.165) is 10.0 Å². The lowest BCUT2D eigenvalue weighted by molar-refractivity contribution is -0.113. The van der Waals surface area contributed by atoms with Gasteiger partial charge in [0.15, 0.2) is 15.8 Å². The van der Waals surface area contributed by atoms with E-state index in [9.17, 15) is 4.79 Å². The molecule has 1 amide bonds. The van der Waals surface area contributed by atoms with Crippen LogP contribution >= 0.6 is 39.9 Å². The zero-order valence-corrected chi connectivity index (χ0v) is 16.1. The Morgan fingerprint density at radius 3 is 2.56 bits per heavy atom. The molecule has 126 valence electrons. The first-order valence-electron chi connectivity index (χ1n) is 7.55. The van der Waals surface area contributed by atoms with Crippen LogP contribution < -0.4 is 14.4 Å². The second-order valence-electron chi connectivity index (χ2n) is 5.40. The minimum atomic E-state index is -0.130. The van der Waals surface area contributed by atoms with Gasteiger partial charge in [-0.05, 0) is 35.9 Å². The third-order valence-electron chi connectivity index (χ3n) is 3.75. The van der Waals surface area contributed by atoms with Crippen LogP contribution in [0.5, 0.6) is 11.5 Å². The van der Waals surface area contributed by atoms with Crippen LogP contribution in [0, 0.1) is 0 Å². The van der Waals surface area contributed by atoms with Crippen LogP contribution in [-0.2, 0) is 4.79 Å². The second-order valence-corrected chi connectivity index (χ2v) is 7.99. The number of carbonyl (C=O) groups is 1. The van der Waals surface area contributed by atoms with Gasteiger partial charge in [0.2, 0.25) is 0 Å². The maximum absolute atomic E-state index is 12.8. The molecule has 2 aliphatic rings. The Balaban J connectivity index is 1.64. The van der Waals surface area contributed by atoms with Crippen molar-refractivity contribution in [3.8, 4) is 11.5 Å². The molecule has 2 aliphatic heterocycles. The summed E-state index contributed by atoms with van der Waals surface area (Å²) in [5.41, 5.74) is 1.64. The summed E-state index contributed by atoms with van der Waals surface area (Å²) >= 11 is 10.1. The first kappa shape index (κ1) is 16.6. The SMILES string of the molecule is O=C1/C(=C\c2ccc(Br)cc2)SC(=S)N1c1ccc2c(c1)OCCO2. The first-order chi connectivity index (χ1) is 12.1. The van der Waals surface area contributed by atoms with E-state index in [1.807, 2.05) is 36.4 Å². The van der Waals surface area contributed by atoms with Crippen LogP contribution in [0.4, 0.5) is 5.69 Å². The molecule has 0 aliphatic carbocycles. The quantitative estimate of drug-likeness (QED) is 0.509. The number of rotatable bonds is 2. The van der Waals surface area contributed by atoms with Crippen LogP contribution in [0.3, 0.4) is 0 Å². The predicted molar refractivity (Wildman–Crippen MR) is 107 cm³/mol. The van der Waals surface area contributed by atoms with E-state index < -0.39 is 0 Å². The maximum Gasteiger partial charge on any atom is 0.270 e. The summed E-state index contributed by atoms with van der Waals surface area (Å²) in [5.74, 6) is 1.19. The van der Waals surface area contributed by atoms with Gasteiger partial charge in [-0.25, -0.2) is 0 Å². The molecule has 2 heterocycles. The lowest BCUT2D eigenvalue weighted by atomic mass is 10.2. The molecule has 7 heteroatoms. The van der Waals surface area contributed by atoms with E-state index in [4.69, 9.17) is 21.7 Å². The largest absolute Gasteiger partial charge is 0.486 e. The molecule has 1 saturated heterocycles. The van der Waals surface area contributed by atoms with Crippen LogP contribution in [-0.4, -0.2) is 23.4 Å². The van der Waals surface area contributed by atoms with Crippen molar-refractivity contribution in [1.82, 2.24) is 0 Å². The molecule has 4 nitrogen and oxygen atoms in total. The van der Waals surface area contributed by atoms with Gasteiger partial charge in [-0.2, -0.15) is 0 Å². The summed E-state index contributed by atoms with van der Waals surface area (Å²) in [5, 5.41) is 0. The Kier molecular flexibility index (Phi) is 4.54. The molecule has 2 aromatic carbocycles. The molecule has 0 aromatic heterocycles. The number of anilines is 1. The van der Waals surface area contributed by atoms with E-state index in [1.165, 1.54) is 16.7 Å². The Labute approximate surface area is 162 Å². The second kappa shape index (κ2) is 6.82. The van der Waals surface area contributed by atoms with Crippen LogP contribution in [0.15, 0.2) is 51.8 Å². The van der Waals surface area contributed by atoms with Gasteiger partial charge >= 0.3 is 0 Å². The highest BCUT2D eigenvalue weighted by Gasteiger charge is 2.34. The Hall–Kier alpha value is -1.83. The molecule has 0 atom stereocenters. The summed E-state index contributed by atoms with van der Waals surface area (Å²) in [7, 11) is 0. The van der Waals surface area contributed by atoms with Gasteiger partial charge in [0, 0.05) is 10.5 Å². The molecular weight excluding hydrogens is 422 g/mol. The molecule has 1 fully saturated rings. The number of benzene rings is 2. The number of hydrogen-bond donors (Lipinski definition) is 0. The van der Waals surface area contributed by atoms with E-state index in [1.54, 1.807) is 12.1 Å². The predicted octanol–water partition coefficient (Wildman–Crippen LogP) is 4.63. The Morgan fingerprint density at radius 1 is 1.08 bits per heavy atom. The molecule has 0 saturated carbocycles. The third kappa shape index (κ3) is 3.31. The Morgan fingerprint density at radius 2 is 1.80 bits per heavy atom. The molecule has 0 N–H and O–H groups in total. The average Bonchev–Trinajstić information content (AvgIpc) is 2.90. The molecule has 4 rings (SSSR count). The van der Waals surface area contributed by atoms with Crippen LogP contribution in [0.2, 0.25) is 0 Å². The fourth-order valence-electron chi connectivity index (χ4n) is 2.57. The summed E-state index contributed by atoms with van der Waals surface area (Å²) in [6.45, 7) is 1.03. The number of thioether (sulfide) groups is 1. The minimum absolute atomic E-state index is 0.130. The number of carbonyl (C=O) groups excluding carboxylic acids is 1. The van der Waals surface area contributed by atoms with Gasteiger partial charge in [-0.1, -0.05) is 52.0 Å². The number of nitrogens with zero attached hydrogens (tertiary/aromatic N) is 1. The summed E-state index contributed by atoms with van der Waals surface area (Å²) in [6, 6.07) is 13.2. The lowest BCUT2D eigenvalue weighted by Gasteiger charge is -2.21. The van der Waals surface area contributed by atoms with E-state index in [-0.39, 0.29) is 5.91 Å². The van der Waals surface area contributed by atoms with Crippen molar-refractivity contribution >= 4 is 61.9 Å². The minimum Gasteiger partial charge on any atom is -0.486 e. The third-order valence-corrected chi connectivity index (χ3v) is 5.58. The molecule has 25 heavy (non-hydrogen) atoms. The van der Waals surface area contributed by atoms with Gasteiger partial charge in [0.1, 0.15) is 13.2 Å². The Bertz CT molecular complexity index is 896. The van der Waals surface area contributed by atoms with Crippen molar-refractivity contribution < 1.29 is 14.3 Å². The fourth-order valence-corrected chi connectivity index (χ4v) is 4.14. The first-order valence-corrected chi connectivity index (χ1v) is 9.57. The summed E-state index contributed by atoms with van der Waals surface area (Å²) in [4.78, 5) is 15.0. The zero-order chi connectivity index (χ0) is 17.4. The van der Waals surface area contributed by atoms with Crippen molar-refractivity contribution in [2.24, 2.45) is 0 Å². The van der Waals surface area contributed by atoms with E-state index >= 15 is 0 Å².